The van der Waals surface area contributed by atoms with Crippen molar-refractivity contribution >= 4 is 29.1 Å². The van der Waals surface area contributed by atoms with E-state index in [1.54, 1.807) is 19.1 Å². The van der Waals surface area contributed by atoms with Gasteiger partial charge in [-0.1, -0.05) is 56.3 Å². The Morgan fingerprint density at radius 2 is 1.83 bits per heavy atom. The number of unbranched alkanes of at least 4 members (excludes halogenated alkanes) is 2. The van der Waals surface area contributed by atoms with Crippen LogP contribution in [0.2, 0.25) is 10.0 Å². The van der Waals surface area contributed by atoms with Crippen LogP contribution < -0.4 is 0 Å². The minimum atomic E-state index is -1.87. The Kier molecular flexibility index (Phi) is 5.54. The third-order valence-corrected chi connectivity index (χ3v) is 6.71. The first kappa shape index (κ1) is 21.4. The van der Waals surface area contributed by atoms with Crippen LogP contribution in [0, 0.1) is 56.2 Å². The van der Waals surface area contributed by atoms with E-state index in [2.05, 4.69) is 6.07 Å². The molecular weight excluding hydrogens is 411 g/mol. The molecule has 1 aromatic carbocycles. The molecule has 2 saturated heterocycles. The summed E-state index contributed by atoms with van der Waals surface area (Å²) in [5.41, 5.74) is -3.23. The van der Waals surface area contributed by atoms with E-state index in [9.17, 15) is 15.8 Å². The molecule has 0 aromatic heterocycles. The first-order valence-electron chi connectivity index (χ1n) is 9.44. The number of halogens is 2. The van der Waals surface area contributed by atoms with Gasteiger partial charge in [0.1, 0.15) is 0 Å². The highest BCUT2D eigenvalue weighted by molar-refractivity contribution is 6.35. The van der Waals surface area contributed by atoms with Crippen LogP contribution in [0.15, 0.2) is 18.2 Å². The molecule has 1 aromatic rings. The van der Waals surface area contributed by atoms with E-state index >= 15 is 0 Å². The Balaban J connectivity index is 2.25. The van der Waals surface area contributed by atoms with E-state index in [1.165, 1.54) is 6.07 Å². The van der Waals surface area contributed by atoms with Gasteiger partial charge in [0.2, 0.25) is 11.7 Å². The Labute approximate surface area is 180 Å². The van der Waals surface area contributed by atoms with E-state index < -0.39 is 34.5 Å². The predicted octanol–water partition coefficient (Wildman–Crippen LogP) is 5.31. The van der Waals surface area contributed by atoms with Gasteiger partial charge in [-0.05, 0) is 24.6 Å². The molecule has 150 valence electrons. The molecule has 2 heterocycles. The van der Waals surface area contributed by atoms with Crippen molar-refractivity contribution in [1.82, 2.24) is 0 Å². The smallest absolute Gasteiger partial charge is 0.245 e. The van der Waals surface area contributed by atoms with Crippen LogP contribution in [0.1, 0.15) is 45.1 Å². The van der Waals surface area contributed by atoms with Crippen molar-refractivity contribution < 1.29 is 9.47 Å². The summed E-state index contributed by atoms with van der Waals surface area (Å²) < 4.78 is 12.2. The summed E-state index contributed by atoms with van der Waals surface area (Å²) in [6.45, 7) is 3.70. The van der Waals surface area contributed by atoms with Crippen LogP contribution in [-0.4, -0.2) is 12.0 Å². The lowest BCUT2D eigenvalue weighted by Gasteiger charge is -2.49. The number of nitrogens with zero attached hydrogens (tertiary/aromatic N) is 3. The molecule has 8 heteroatoms. The maximum absolute atomic E-state index is 10.2. The van der Waals surface area contributed by atoms with E-state index in [1.807, 2.05) is 19.1 Å². The van der Waals surface area contributed by atoms with Crippen LogP contribution in [0.5, 0.6) is 0 Å². The highest BCUT2D eigenvalue weighted by Crippen LogP contribution is 2.66. The molecule has 3 rings (SSSR count). The van der Waals surface area contributed by atoms with E-state index in [0.29, 0.717) is 23.4 Å². The second-order valence-electron chi connectivity index (χ2n) is 7.50. The summed E-state index contributed by atoms with van der Waals surface area (Å²) in [5, 5.41) is 39.5. The molecule has 29 heavy (non-hydrogen) atoms. The van der Waals surface area contributed by atoms with Gasteiger partial charge in [0.15, 0.2) is 10.8 Å². The van der Waals surface area contributed by atoms with E-state index in [0.717, 1.165) is 12.8 Å². The lowest BCUT2D eigenvalue weighted by Crippen LogP contribution is -2.60. The summed E-state index contributed by atoms with van der Waals surface area (Å²) >= 11 is 12.5. The van der Waals surface area contributed by atoms with Crippen LogP contribution >= 0.6 is 23.2 Å². The number of rotatable bonds is 5. The monoisotopic (exact) mass is 430 g/mol. The summed E-state index contributed by atoms with van der Waals surface area (Å²) in [7, 11) is 0. The van der Waals surface area contributed by atoms with Crippen LogP contribution in [-0.2, 0) is 15.3 Å². The molecule has 6 nitrogen and oxygen atoms in total. The van der Waals surface area contributed by atoms with Gasteiger partial charge < -0.3 is 9.47 Å². The van der Waals surface area contributed by atoms with Crippen LogP contribution in [0.25, 0.3) is 0 Å². The highest BCUT2D eigenvalue weighted by Gasteiger charge is 2.79. The second kappa shape index (κ2) is 7.51. The third kappa shape index (κ3) is 2.66. The minimum absolute atomic E-state index is 0.264. The maximum atomic E-state index is 10.2. The van der Waals surface area contributed by atoms with Crippen LogP contribution in [0.3, 0.4) is 0 Å². The largest absolute Gasteiger partial charge is 0.443 e. The number of nitrogens with one attached hydrogen (secondary N) is 1. The lowest BCUT2D eigenvalue weighted by molar-refractivity contribution is -0.286. The van der Waals surface area contributed by atoms with Gasteiger partial charge in [-0.15, -0.1) is 0 Å². The summed E-state index contributed by atoms with van der Waals surface area (Å²) in [6.07, 6.45) is 2.00. The topological polar surface area (TPSA) is 114 Å². The number of fused-ring (bicyclic) bond motifs is 2. The fourth-order valence-electron chi connectivity index (χ4n) is 4.56. The van der Waals surface area contributed by atoms with Crippen molar-refractivity contribution in [2.75, 3.05) is 0 Å². The predicted molar refractivity (Wildman–Crippen MR) is 107 cm³/mol. The average Bonchev–Trinajstić information content (AvgIpc) is 2.85. The molecule has 0 radical (unpaired) electrons. The standard InChI is InChI=1S/C21H20Cl2N4O2/c1-3-4-5-6-17-19(10-24,11-25)20(12-26)13(2)21(28-17,29-18(20)27)15-8-7-14(22)9-16(15)23/h7-9,13,17,27H,3-6H2,1-2H3. The SMILES string of the molecule is CCCCCC1OC2(c3ccc(Cl)cc3Cl)OC(=N)C(C#N)(C2C)C1(C#N)C#N. The molecule has 4 unspecified atom stereocenters. The summed E-state index contributed by atoms with van der Waals surface area (Å²) in [5.74, 6) is -2.82. The van der Waals surface area contributed by atoms with Crippen molar-refractivity contribution in [3.05, 3.63) is 33.8 Å². The molecule has 0 spiro atoms. The molecule has 4 atom stereocenters. The lowest BCUT2D eigenvalue weighted by atomic mass is 9.53. The zero-order valence-corrected chi connectivity index (χ0v) is 17.6. The quantitative estimate of drug-likeness (QED) is 0.635. The third-order valence-electron chi connectivity index (χ3n) is 6.16. The van der Waals surface area contributed by atoms with Gasteiger partial charge in [0, 0.05) is 10.6 Å². The number of benzene rings is 1. The molecule has 2 aliphatic heterocycles. The van der Waals surface area contributed by atoms with E-state index in [4.69, 9.17) is 38.1 Å². The van der Waals surface area contributed by atoms with Gasteiger partial charge in [-0.3, -0.25) is 5.41 Å². The van der Waals surface area contributed by atoms with Gasteiger partial charge >= 0.3 is 0 Å². The number of ether oxygens (including phenoxy) is 2. The Bertz CT molecular complexity index is 962. The van der Waals surface area contributed by atoms with Crippen LogP contribution in [0.4, 0.5) is 0 Å². The van der Waals surface area contributed by atoms with Gasteiger partial charge in [-0.25, -0.2) is 0 Å². The molecule has 2 bridgehead atoms. The van der Waals surface area contributed by atoms with Gasteiger partial charge in [-0.2, -0.15) is 15.8 Å². The zero-order chi connectivity index (χ0) is 21.4. The van der Waals surface area contributed by atoms with Crippen molar-refractivity contribution in [3.8, 4) is 18.2 Å². The van der Waals surface area contributed by atoms with Crippen molar-refractivity contribution in [2.45, 2.75) is 51.4 Å². The molecule has 0 aliphatic carbocycles. The molecule has 2 aliphatic rings. The average molecular weight is 431 g/mol. The summed E-state index contributed by atoms with van der Waals surface area (Å²) in [6, 6.07) is 11.0. The van der Waals surface area contributed by atoms with Gasteiger partial charge in [0.25, 0.3) is 0 Å². The molecule has 0 amide bonds. The number of hydrogen-bond acceptors (Lipinski definition) is 6. The number of nitriles is 3. The molecule has 1 N–H and O–H groups in total. The van der Waals surface area contributed by atoms with Crippen molar-refractivity contribution in [1.29, 1.82) is 21.2 Å². The second-order valence-corrected chi connectivity index (χ2v) is 8.34. The normalized spacial score (nSPS) is 32.0. The van der Waals surface area contributed by atoms with Crippen molar-refractivity contribution in [2.24, 2.45) is 16.7 Å². The Morgan fingerprint density at radius 3 is 2.38 bits per heavy atom. The first-order valence-corrected chi connectivity index (χ1v) is 10.2. The highest BCUT2D eigenvalue weighted by atomic mass is 35.5. The molecule has 2 fully saturated rings. The summed E-state index contributed by atoms with van der Waals surface area (Å²) in [4.78, 5) is 0. The molecular formula is C21H20Cl2N4O2. The zero-order valence-electron chi connectivity index (χ0n) is 16.1. The van der Waals surface area contributed by atoms with E-state index in [-0.39, 0.29) is 5.02 Å². The maximum Gasteiger partial charge on any atom is 0.245 e. The Morgan fingerprint density at radius 1 is 1.14 bits per heavy atom. The van der Waals surface area contributed by atoms with Crippen molar-refractivity contribution in [3.63, 3.8) is 0 Å². The molecule has 0 saturated carbocycles. The van der Waals surface area contributed by atoms with Gasteiger partial charge in [0.05, 0.1) is 35.3 Å². The Hall–Kier alpha value is -2.30. The number of hydrogen-bond donors (Lipinski definition) is 1. The minimum Gasteiger partial charge on any atom is -0.443 e. The fraction of sp³-hybridized carbons (Fsp3) is 0.524. The fourth-order valence-corrected chi connectivity index (χ4v) is 5.10. The first-order chi connectivity index (χ1) is 13.8.